The van der Waals surface area contributed by atoms with Gasteiger partial charge in [-0.3, -0.25) is 0 Å². The number of benzene rings is 1. The summed E-state index contributed by atoms with van der Waals surface area (Å²) >= 11 is 0. The van der Waals surface area contributed by atoms with Crippen LogP contribution in [0.2, 0.25) is 0 Å². The van der Waals surface area contributed by atoms with Gasteiger partial charge in [-0.1, -0.05) is 34.9 Å². The van der Waals surface area contributed by atoms with Gasteiger partial charge >= 0.3 is 5.97 Å². The molecule has 0 amide bonds. The Morgan fingerprint density at radius 3 is 2.14 bits per heavy atom. The second-order valence-corrected chi connectivity index (χ2v) is 7.57. The first-order valence-electron chi connectivity index (χ1n) is 9.74. The molecule has 0 aliphatic heterocycles. The molecule has 1 aromatic carbocycles. The number of phenols is 2. The largest absolute Gasteiger partial charge is 0.508 e. The molecule has 0 bridgehead atoms. The van der Waals surface area contributed by atoms with Crippen molar-refractivity contribution in [1.29, 1.82) is 0 Å². The summed E-state index contributed by atoms with van der Waals surface area (Å²) in [5, 5.41) is 20.6. The summed E-state index contributed by atoms with van der Waals surface area (Å²) in [6.45, 7) is 10.1. The van der Waals surface area contributed by atoms with Crippen molar-refractivity contribution in [3.8, 4) is 11.5 Å². The van der Waals surface area contributed by atoms with Gasteiger partial charge in [0.1, 0.15) is 17.1 Å². The normalized spacial score (nSPS) is 12.1. The van der Waals surface area contributed by atoms with Gasteiger partial charge in [0.15, 0.2) is 0 Å². The molecule has 1 rings (SSSR count). The van der Waals surface area contributed by atoms with E-state index in [2.05, 4.69) is 32.9 Å². The molecule has 0 aliphatic carbocycles. The summed E-state index contributed by atoms with van der Waals surface area (Å²) in [5.74, 6) is -0.823. The van der Waals surface area contributed by atoms with Crippen LogP contribution in [0.15, 0.2) is 41.0 Å². The number of methoxy groups -OCH3 is 1. The predicted molar refractivity (Wildman–Crippen MR) is 115 cm³/mol. The van der Waals surface area contributed by atoms with E-state index in [0.29, 0.717) is 17.5 Å². The van der Waals surface area contributed by atoms with Crippen LogP contribution in [-0.4, -0.2) is 23.3 Å². The highest BCUT2D eigenvalue weighted by Crippen LogP contribution is 2.34. The van der Waals surface area contributed by atoms with E-state index in [1.54, 1.807) is 6.92 Å². The summed E-state index contributed by atoms with van der Waals surface area (Å²) < 4.78 is 4.73. The van der Waals surface area contributed by atoms with Crippen LogP contribution in [0.1, 0.15) is 74.9 Å². The third-order valence-corrected chi connectivity index (χ3v) is 4.75. The zero-order chi connectivity index (χ0) is 21.3. The zero-order valence-corrected chi connectivity index (χ0v) is 18.1. The number of phenolic OH excluding ortho intramolecular Hbond substituents is 2. The monoisotopic (exact) mass is 386 g/mol. The minimum Gasteiger partial charge on any atom is -0.508 e. The van der Waals surface area contributed by atoms with E-state index in [0.717, 1.165) is 25.7 Å². The maximum Gasteiger partial charge on any atom is 0.341 e. The fraction of sp³-hybridized carbons (Fsp3) is 0.458. The Hall–Kier alpha value is -2.49. The molecule has 1 aromatic rings. The quantitative estimate of drug-likeness (QED) is 0.394. The zero-order valence-electron chi connectivity index (χ0n) is 18.1. The molecule has 0 spiro atoms. The first kappa shape index (κ1) is 23.5. The van der Waals surface area contributed by atoms with Crippen molar-refractivity contribution in [3.63, 3.8) is 0 Å². The molecule has 154 valence electrons. The van der Waals surface area contributed by atoms with Crippen molar-refractivity contribution in [2.45, 2.75) is 66.7 Å². The summed E-state index contributed by atoms with van der Waals surface area (Å²) in [6, 6.07) is 1.49. The molecule has 0 unspecified atom stereocenters. The molecule has 0 aromatic heterocycles. The van der Waals surface area contributed by atoms with E-state index in [4.69, 9.17) is 4.74 Å². The highest BCUT2D eigenvalue weighted by atomic mass is 16.5. The summed E-state index contributed by atoms with van der Waals surface area (Å²) in [5.41, 5.74) is 4.86. The fourth-order valence-electron chi connectivity index (χ4n) is 3.00. The Kier molecular flexibility index (Phi) is 9.57. The maximum absolute atomic E-state index is 11.9. The highest BCUT2D eigenvalue weighted by Gasteiger charge is 2.20. The van der Waals surface area contributed by atoms with E-state index in [1.807, 2.05) is 13.0 Å². The second-order valence-electron chi connectivity index (χ2n) is 7.57. The Bertz CT molecular complexity index is 778. The Balaban J connectivity index is 2.75. The number of hydrogen-bond donors (Lipinski definition) is 2. The molecule has 4 nitrogen and oxygen atoms in total. The van der Waals surface area contributed by atoms with Gasteiger partial charge in [0, 0.05) is 5.56 Å². The van der Waals surface area contributed by atoms with Crippen molar-refractivity contribution in [2.75, 3.05) is 7.11 Å². The lowest BCUT2D eigenvalue weighted by atomic mass is 9.98. The van der Waals surface area contributed by atoms with Gasteiger partial charge in [-0.25, -0.2) is 4.79 Å². The van der Waals surface area contributed by atoms with Gasteiger partial charge in [0.2, 0.25) is 0 Å². The van der Waals surface area contributed by atoms with Crippen molar-refractivity contribution in [2.24, 2.45) is 0 Å². The SMILES string of the molecule is COC(=O)c1c(C)cc(O)c(C/C=C(\C)CC/C=C(\C)CCC=C(C)C)c1O. The number of allylic oxidation sites excluding steroid dienone is 6. The van der Waals surface area contributed by atoms with Crippen LogP contribution in [0.4, 0.5) is 0 Å². The minimum atomic E-state index is -0.606. The lowest BCUT2D eigenvalue weighted by Crippen LogP contribution is -2.06. The lowest BCUT2D eigenvalue weighted by molar-refractivity contribution is 0.0596. The number of hydrogen-bond acceptors (Lipinski definition) is 4. The minimum absolute atomic E-state index is 0.0123. The summed E-state index contributed by atoms with van der Waals surface area (Å²) in [4.78, 5) is 11.9. The molecule has 0 saturated heterocycles. The topological polar surface area (TPSA) is 66.8 Å². The van der Waals surface area contributed by atoms with Crippen LogP contribution in [-0.2, 0) is 11.2 Å². The van der Waals surface area contributed by atoms with Crippen LogP contribution < -0.4 is 0 Å². The summed E-state index contributed by atoms with van der Waals surface area (Å²) in [6.07, 6.45) is 10.9. The lowest BCUT2D eigenvalue weighted by Gasteiger charge is -2.12. The molecule has 4 heteroatoms. The van der Waals surface area contributed by atoms with E-state index in [1.165, 1.54) is 29.9 Å². The number of aromatic hydroxyl groups is 2. The van der Waals surface area contributed by atoms with Gasteiger partial charge in [-0.05, 0) is 78.4 Å². The third-order valence-electron chi connectivity index (χ3n) is 4.75. The summed E-state index contributed by atoms with van der Waals surface area (Å²) in [7, 11) is 1.27. The molecule has 0 saturated carbocycles. The Morgan fingerprint density at radius 1 is 1.00 bits per heavy atom. The van der Waals surface area contributed by atoms with Crippen LogP contribution >= 0.6 is 0 Å². The number of carbonyl (C=O) groups is 1. The van der Waals surface area contributed by atoms with E-state index in [-0.39, 0.29) is 17.1 Å². The van der Waals surface area contributed by atoms with Gasteiger partial charge in [0.25, 0.3) is 0 Å². The van der Waals surface area contributed by atoms with Crippen LogP contribution in [0.3, 0.4) is 0 Å². The van der Waals surface area contributed by atoms with Gasteiger partial charge in [-0.2, -0.15) is 0 Å². The molecule has 2 N–H and O–H groups in total. The number of ether oxygens (including phenoxy) is 1. The standard InChI is InChI=1S/C24H34O4/c1-16(2)9-7-10-17(3)11-8-12-18(4)13-14-20-21(25)15-19(5)22(23(20)26)24(27)28-6/h9,11,13,15,25-26H,7-8,10,12,14H2,1-6H3/b17-11+,18-13+. The number of carbonyl (C=O) groups excluding carboxylic acids is 1. The highest BCUT2D eigenvalue weighted by molar-refractivity contribution is 5.95. The molecule has 0 heterocycles. The predicted octanol–water partition coefficient (Wildman–Crippen LogP) is 6.15. The van der Waals surface area contributed by atoms with Crippen LogP contribution in [0.5, 0.6) is 11.5 Å². The molecular formula is C24H34O4. The first-order valence-corrected chi connectivity index (χ1v) is 9.74. The molecular weight excluding hydrogens is 352 g/mol. The molecule has 0 aliphatic rings. The van der Waals surface area contributed by atoms with E-state index < -0.39 is 5.97 Å². The number of aryl methyl sites for hydroxylation is 1. The van der Waals surface area contributed by atoms with Gasteiger partial charge in [0.05, 0.1) is 7.11 Å². The number of esters is 1. The molecule has 0 atom stereocenters. The van der Waals surface area contributed by atoms with Crippen molar-refractivity contribution < 1.29 is 19.7 Å². The maximum atomic E-state index is 11.9. The van der Waals surface area contributed by atoms with Gasteiger partial charge in [-0.15, -0.1) is 0 Å². The fourth-order valence-corrected chi connectivity index (χ4v) is 3.00. The third kappa shape index (κ3) is 7.26. The smallest absolute Gasteiger partial charge is 0.341 e. The van der Waals surface area contributed by atoms with Crippen molar-refractivity contribution >= 4 is 5.97 Å². The average Bonchev–Trinajstić information content (AvgIpc) is 2.60. The first-order chi connectivity index (χ1) is 13.2. The van der Waals surface area contributed by atoms with Gasteiger partial charge < -0.3 is 14.9 Å². The van der Waals surface area contributed by atoms with E-state index in [9.17, 15) is 15.0 Å². The van der Waals surface area contributed by atoms with Crippen LogP contribution in [0.25, 0.3) is 0 Å². The Morgan fingerprint density at radius 2 is 1.57 bits per heavy atom. The average molecular weight is 387 g/mol. The Labute approximate surface area is 169 Å². The number of rotatable bonds is 9. The molecule has 28 heavy (non-hydrogen) atoms. The molecule has 0 fully saturated rings. The second kappa shape index (κ2) is 11.4. The molecule has 0 radical (unpaired) electrons. The van der Waals surface area contributed by atoms with E-state index >= 15 is 0 Å². The van der Waals surface area contributed by atoms with Crippen molar-refractivity contribution in [1.82, 2.24) is 0 Å². The van der Waals surface area contributed by atoms with Crippen LogP contribution in [0, 0.1) is 6.92 Å². The van der Waals surface area contributed by atoms with Crippen molar-refractivity contribution in [3.05, 3.63) is 57.7 Å².